The van der Waals surface area contributed by atoms with Crippen molar-refractivity contribution in [3.8, 4) is 0 Å². The second-order valence-corrected chi connectivity index (χ2v) is 7.36. The lowest BCUT2D eigenvalue weighted by Gasteiger charge is -2.14. The highest BCUT2D eigenvalue weighted by Crippen LogP contribution is 2.34. The smallest absolute Gasteiger partial charge is 0.124 e. The van der Waals surface area contributed by atoms with E-state index in [9.17, 15) is 5.11 Å². The molecule has 2 aromatic heterocycles. The Labute approximate surface area is 117 Å². The fraction of sp³-hybridized carbons (Fsp3) is 0.417. The highest BCUT2D eigenvalue weighted by molar-refractivity contribution is 9.10. The van der Waals surface area contributed by atoms with E-state index in [4.69, 9.17) is 0 Å². The summed E-state index contributed by atoms with van der Waals surface area (Å²) in [6.45, 7) is 6.38. The summed E-state index contributed by atoms with van der Waals surface area (Å²) in [5, 5.41) is 17.2. The first-order valence-corrected chi connectivity index (χ1v) is 7.86. The van der Waals surface area contributed by atoms with Crippen molar-refractivity contribution in [3.05, 3.63) is 36.9 Å². The molecule has 0 bridgehead atoms. The van der Waals surface area contributed by atoms with Crippen LogP contribution in [0.3, 0.4) is 0 Å². The van der Waals surface area contributed by atoms with Crippen molar-refractivity contribution in [1.29, 1.82) is 0 Å². The molecule has 0 aromatic carbocycles. The highest BCUT2D eigenvalue weighted by Gasteiger charge is 2.22. The monoisotopic (exact) mass is 331 g/mol. The molecular weight excluding hydrogens is 318 g/mol. The van der Waals surface area contributed by atoms with E-state index in [2.05, 4.69) is 41.7 Å². The molecule has 0 saturated carbocycles. The molecule has 0 aliphatic rings. The summed E-state index contributed by atoms with van der Waals surface area (Å²) >= 11 is 6.61. The van der Waals surface area contributed by atoms with E-state index in [1.54, 1.807) is 22.7 Å². The van der Waals surface area contributed by atoms with Crippen molar-refractivity contribution < 1.29 is 5.11 Å². The summed E-state index contributed by atoms with van der Waals surface area (Å²) in [7, 11) is 0. The first kappa shape index (κ1) is 13.2. The van der Waals surface area contributed by atoms with Crippen LogP contribution in [-0.4, -0.2) is 10.1 Å². The molecule has 2 rings (SSSR count). The maximum Gasteiger partial charge on any atom is 0.124 e. The topological polar surface area (TPSA) is 33.1 Å². The van der Waals surface area contributed by atoms with Crippen molar-refractivity contribution in [2.75, 3.05) is 0 Å². The van der Waals surface area contributed by atoms with E-state index >= 15 is 0 Å². The number of nitrogens with zero attached hydrogens (tertiary/aromatic N) is 1. The quantitative estimate of drug-likeness (QED) is 0.887. The molecule has 92 valence electrons. The maximum absolute atomic E-state index is 10.3. The summed E-state index contributed by atoms with van der Waals surface area (Å²) in [6, 6.07) is 0. The minimum Gasteiger partial charge on any atom is -0.382 e. The van der Waals surface area contributed by atoms with Gasteiger partial charge in [-0.2, -0.15) is 11.3 Å². The van der Waals surface area contributed by atoms with Gasteiger partial charge < -0.3 is 5.11 Å². The van der Waals surface area contributed by atoms with Crippen molar-refractivity contribution in [1.82, 2.24) is 4.98 Å². The largest absolute Gasteiger partial charge is 0.382 e. The van der Waals surface area contributed by atoms with Gasteiger partial charge in [-0.3, -0.25) is 0 Å². The van der Waals surface area contributed by atoms with Gasteiger partial charge in [-0.15, -0.1) is 11.3 Å². The van der Waals surface area contributed by atoms with Gasteiger partial charge >= 0.3 is 0 Å². The van der Waals surface area contributed by atoms with Crippen molar-refractivity contribution in [2.24, 2.45) is 0 Å². The molecule has 2 nitrogen and oxygen atoms in total. The average molecular weight is 332 g/mol. The van der Waals surface area contributed by atoms with Gasteiger partial charge in [0, 0.05) is 26.2 Å². The molecule has 2 aromatic rings. The summed E-state index contributed by atoms with van der Waals surface area (Å²) in [6.07, 6.45) is -0.636. The second-order valence-electron chi connectivity index (χ2n) is 4.91. The molecule has 0 amide bonds. The second kappa shape index (κ2) is 4.80. The Bertz CT molecular complexity index is 513. The number of rotatable bonds is 2. The molecule has 0 radical (unpaired) electrons. The predicted octanol–water partition coefficient (Wildman–Crippen LogP) is 4.35. The maximum atomic E-state index is 10.3. The number of thiophene rings is 1. The van der Waals surface area contributed by atoms with Crippen LogP contribution in [0.1, 0.15) is 43.1 Å². The van der Waals surface area contributed by atoms with Gasteiger partial charge in [0.05, 0.1) is 10.7 Å². The molecule has 1 unspecified atom stereocenters. The lowest BCUT2D eigenvalue weighted by molar-refractivity contribution is 0.215. The minimum absolute atomic E-state index is 0.0362. The first-order valence-electron chi connectivity index (χ1n) is 5.25. The number of hydrogen-bond acceptors (Lipinski definition) is 4. The average Bonchev–Trinajstić information content (AvgIpc) is 2.83. The van der Waals surface area contributed by atoms with Crippen molar-refractivity contribution in [3.63, 3.8) is 0 Å². The number of aliphatic hydroxyl groups excluding tert-OH is 1. The fourth-order valence-corrected chi connectivity index (χ4v) is 3.86. The van der Waals surface area contributed by atoms with Gasteiger partial charge in [0.2, 0.25) is 0 Å². The SMILES string of the molecule is CC(C)(C)c1nc(C(O)c2cscc2Br)cs1. The lowest BCUT2D eigenvalue weighted by Crippen LogP contribution is -2.11. The van der Waals surface area contributed by atoms with Gasteiger partial charge in [-0.05, 0) is 21.3 Å². The van der Waals surface area contributed by atoms with Crippen LogP contribution in [-0.2, 0) is 5.41 Å². The molecule has 0 spiro atoms. The Balaban J connectivity index is 2.30. The molecule has 0 aliphatic carbocycles. The molecular formula is C12H14BrNOS2. The van der Waals surface area contributed by atoms with E-state index in [1.165, 1.54) is 0 Å². The molecule has 1 atom stereocenters. The van der Waals surface area contributed by atoms with Gasteiger partial charge in [-0.25, -0.2) is 4.98 Å². The molecule has 0 fully saturated rings. The number of aromatic nitrogens is 1. The van der Waals surface area contributed by atoms with E-state index in [0.717, 1.165) is 20.7 Å². The number of halogens is 1. The third-order valence-corrected chi connectivity index (χ3v) is 5.42. The van der Waals surface area contributed by atoms with E-state index in [0.29, 0.717) is 0 Å². The third-order valence-electron chi connectivity index (χ3n) is 2.38. The normalized spacial score (nSPS) is 13.9. The molecule has 17 heavy (non-hydrogen) atoms. The fourth-order valence-electron chi connectivity index (χ4n) is 1.40. The Morgan fingerprint density at radius 1 is 1.29 bits per heavy atom. The van der Waals surface area contributed by atoms with Gasteiger partial charge in [0.1, 0.15) is 6.10 Å². The summed E-state index contributed by atoms with van der Waals surface area (Å²) in [5.41, 5.74) is 1.66. The standard InChI is InChI=1S/C12H14BrNOS2/c1-12(2,3)11-14-9(6-17-11)10(15)7-4-16-5-8(7)13/h4-6,10,15H,1-3H3. The summed E-state index contributed by atoms with van der Waals surface area (Å²) in [4.78, 5) is 4.53. The van der Waals surface area contributed by atoms with Crippen LogP contribution < -0.4 is 0 Å². The Hall–Kier alpha value is -0.230. The molecule has 2 heterocycles. The molecule has 1 N–H and O–H groups in total. The number of thiazole rings is 1. The van der Waals surface area contributed by atoms with Crippen LogP contribution in [0.15, 0.2) is 20.6 Å². The molecule has 0 aliphatic heterocycles. The number of hydrogen-bond donors (Lipinski definition) is 1. The van der Waals surface area contributed by atoms with Gasteiger partial charge in [0.25, 0.3) is 0 Å². The van der Waals surface area contributed by atoms with Gasteiger partial charge in [0.15, 0.2) is 0 Å². The van der Waals surface area contributed by atoms with Crippen LogP contribution in [0.4, 0.5) is 0 Å². The van der Waals surface area contributed by atoms with Crippen LogP contribution in [0.5, 0.6) is 0 Å². The Morgan fingerprint density at radius 3 is 2.47 bits per heavy atom. The summed E-state index contributed by atoms with van der Waals surface area (Å²) < 4.78 is 0.945. The van der Waals surface area contributed by atoms with Crippen molar-refractivity contribution in [2.45, 2.75) is 32.3 Å². The minimum atomic E-state index is -0.636. The molecule has 5 heteroatoms. The Kier molecular flexibility index (Phi) is 3.73. The van der Waals surface area contributed by atoms with Gasteiger partial charge in [-0.1, -0.05) is 20.8 Å². The zero-order chi connectivity index (χ0) is 12.6. The van der Waals surface area contributed by atoms with E-state index in [1.807, 2.05) is 16.1 Å². The number of aliphatic hydroxyl groups is 1. The Morgan fingerprint density at radius 2 is 2.00 bits per heavy atom. The molecule has 0 saturated heterocycles. The highest BCUT2D eigenvalue weighted by atomic mass is 79.9. The van der Waals surface area contributed by atoms with Crippen LogP contribution >= 0.6 is 38.6 Å². The van der Waals surface area contributed by atoms with E-state index in [-0.39, 0.29) is 5.41 Å². The van der Waals surface area contributed by atoms with E-state index < -0.39 is 6.10 Å². The third kappa shape index (κ3) is 2.78. The predicted molar refractivity (Wildman–Crippen MR) is 76.9 cm³/mol. The zero-order valence-corrected chi connectivity index (χ0v) is 13.1. The van der Waals surface area contributed by atoms with Crippen molar-refractivity contribution >= 4 is 38.6 Å². The van der Waals surface area contributed by atoms with Crippen LogP contribution in [0, 0.1) is 0 Å². The zero-order valence-electron chi connectivity index (χ0n) is 9.90. The van der Waals surface area contributed by atoms with Crippen LogP contribution in [0.2, 0.25) is 0 Å². The lowest BCUT2D eigenvalue weighted by atomic mass is 9.98. The first-order chi connectivity index (χ1) is 7.89. The summed E-state index contributed by atoms with van der Waals surface area (Å²) in [5.74, 6) is 0. The van der Waals surface area contributed by atoms with Crippen LogP contribution in [0.25, 0.3) is 0 Å².